The standard InChI is InChI=1S/C12H20N2.C9H11NO4S.C7H6F2/c1-2-11-5-3-6-12(9-11)10-14-8-4-7-13;1-10(15(2,13)14)8-5-3-4-7(6-8)9(11)12;1-5-2-6(8)4-7(9)3-5/h3,5-6,9,14H,2,4,7-8,10,13H2,1H3;3-6H,1-2H3,(H,11,12);2-4H,1H3. The molecule has 0 atom stereocenters. The van der Waals surface area contributed by atoms with E-state index in [-0.39, 0.29) is 5.56 Å². The molecule has 0 aliphatic rings. The number of sulfonamides is 1. The van der Waals surface area contributed by atoms with Gasteiger partial charge in [0.25, 0.3) is 0 Å². The quantitative estimate of drug-likeness (QED) is 0.333. The maximum atomic E-state index is 12.2. The van der Waals surface area contributed by atoms with Gasteiger partial charge in [0, 0.05) is 19.7 Å². The molecule has 0 saturated heterocycles. The van der Waals surface area contributed by atoms with Crippen LogP contribution in [0.2, 0.25) is 0 Å². The Bertz CT molecular complexity index is 1220. The van der Waals surface area contributed by atoms with Crippen LogP contribution in [0.1, 0.15) is 40.4 Å². The lowest BCUT2D eigenvalue weighted by molar-refractivity contribution is 0.0697. The van der Waals surface area contributed by atoms with Crippen molar-refractivity contribution in [1.82, 2.24) is 5.32 Å². The Labute approximate surface area is 224 Å². The molecular weight excluding hydrogens is 512 g/mol. The SMILES string of the molecule is CCc1cccc(CNCCCN)c1.CN(c1cccc(C(=O)O)c1)S(C)(=O)=O.Cc1cc(F)cc(F)c1. The van der Waals surface area contributed by atoms with Gasteiger partial charge in [0.05, 0.1) is 17.5 Å². The molecule has 7 nitrogen and oxygen atoms in total. The number of carbonyl (C=O) groups is 1. The van der Waals surface area contributed by atoms with E-state index in [1.165, 1.54) is 54.6 Å². The zero-order valence-electron chi connectivity index (χ0n) is 22.2. The zero-order valence-corrected chi connectivity index (χ0v) is 23.1. The summed E-state index contributed by atoms with van der Waals surface area (Å²) in [5.41, 5.74) is 9.18. The fraction of sp³-hybridized carbons (Fsp3) is 0.321. The van der Waals surface area contributed by atoms with Crippen molar-refractivity contribution in [2.24, 2.45) is 5.73 Å². The molecule has 38 heavy (non-hydrogen) atoms. The normalized spacial score (nSPS) is 10.5. The molecule has 0 radical (unpaired) electrons. The zero-order chi connectivity index (χ0) is 28.7. The number of anilines is 1. The summed E-state index contributed by atoms with van der Waals surface area (Å²) in [7, 11) is -1.99. The second-order valence-corrected chi connectivity index (χ2v) is 10.5. The first kappa shape index (κ1) is 32.7. The van der Waals surface area contributed by atoms with Crippen LogP contribution in [0.25, 0.3) is 0 Å². The molecule has 0 heterocycles. The van der Waals surface area contributed by atoms with Gasteiger partial charge < -0.3 is 16.2 Å². The van der Waals surface area contributed by atoms with E-state index in [0.29, 0.717) is 11.3 Å². The Morgan fingerprint density at radius 2 is 1.61 bits per heavy atom. The van der Waals surface area contributed by atoms with Crippen LogP contribution in [0.4, 0.5) is 14.5 Å². The van der Waals surface area contributed by atoms with Gasteiger partial charge in [-0.3, -0.25) is 4.31 Å². The van der Waals surface area contributed by atoms with Crippen LogP contribution in [0.3, 0.4) is 0 Å². The summed E-state index contributed by atoms with van der Waals surface area (Å²) in [4.78, 5) is 10.7. The molecule has 3 aromatic carbocycles. The molecule has 0 fully saturated rings. The van der Waals surface area contributed by atoms with Crippen LogP contribution < -0.4 is 15.4 Å². The molecule has 0 aliphatic heterocycles. The minimum atomic E-state index is -3.36. The Hall–Kier alpha value is -3.34. The van der Waals surface area contributed by atoms with Gasteiger partial charge in [-0.25, -0.2) is 22.0 Å². The number of aromatic carboxylic acids is 1. The van der Waals surface area contributed by atoms with E-state index in [9.17, 15) is 22.0 Å². The van der Waals surface area contributed by atoms with E-state index < -0.39 is 27.6 Å². The third-order valence-corrected chi connectivity index (χ3v) is 6.45. The Balaban J connectivity index is 0.000000294. The topological polar surface area (TPSA) is 113 Å². The van der Waals surface area contributed by atoms with Crippen LogP contribution in [-0.2, 0) is 23.0 Å². The number of carboxylic acids is 1. The maximum absolute atomic E-state index is 12.2. The second kappa shape index (κ2) is 16.5. The van der Waals surface area contributed by atoms with E-state index in [0.717, 1.165) is 49.1 Å². The van der Waals surface area contributed by atoms with E-state index >= 15 is 0 Å². The number of benzene rings is 3. The highest BCUT2D eigenvalue weighted by Gasteiger charge is 2.13. The summed E-state index contributed by atoms with van der Waals surface area (Å²) in [6.45, 7) is 6.55. The molecular formula is C28H37F2N3O4S. The summed E-state index contributed by atoms with van der Waals surface area (Å²) >= 11 is 0. The van der Waals surface area contributed by atoms with Crippen molar-refractivity contribution in [2.45, 2.75) is 33.2 Å². The van der Waals surface area contributed by atoms with E-state index in [4.69, 9.17) is 10.8 Å². The van der Waals surface area contributed by atoms with Gasteiger partial charge in [-0.2, -0.15) is 0 Å². The minimum Gasteiger partial charge on any atom is -0.478 e. The van der Waals surface area contributed by atoms with Crippen molar-refractivity contribution in [1.29, 1.82) is 0 Å². The highest BCUT2D eigenvalue weighted by atomic mass is 32.2. The summed E-state index contributed by atoms with van der Waals surface area (Å²) < 4.78 is 47.8. The van der Waals surface area contributed by atoms with Gasteiger partial charge in [-0.15, -0.1) is 0 Å². The molecule has 208 valence electrons. The van der Waals surface area contributed by atoms with Gasteiger partial charge in [0.15, 0.2) is 0 Å². The van der Waals surface area contributed by atoms with Gasteiger partial charge in [-0.05, 0) is 79.9 Å². The highest BCUT2D eigenvalue weighted by molar-refractivity contribution is 7.92. The number of nitrogens with two attached hydrogens (primary N) is 1. The van der Waals surface area contributed by atoms with Crippen molar-refractivity contribution in [3.05, 3.63) is 101 Å². The number of aryl methyl sites for hydroxylation is 2. The number of carboxylic acid groups (broad SMARTS) is 1. The molecule has 0 unspecified atom stereocenters. The Morgan fingerprint density at radius 1 is 1.00 bits per heavy atom. The smallest absolute Gasteiger partial charge is 0.335 e. The second-order valence-electron chi connectivity index (χ2n) is 8.53. The lowest BCUT2D eigenvalue weighted by atomic mass is 10.1. The van der Waals surface area contributed by atoms with Gasteiger partial charge in [0.1, 0.15) is 11.6 Å². The molecule has 0 aromatic heterocycles. The van der Waals surface area contributed by atoms with Crippen LogP contribution in [-0.4, -0.2) is 45.9 Å². The van der Waals surface area contributed by atoms with Gasteiger partial charge in [0.2, 0.25) is 10.0 Å². The first-order valence-corrected chi connectivity index (χ1v) is 13.9. The van der Waals surface area contributed by atoms with Gasteiger partial charge in [-0.1, -0.05) is 37.3 Å². The summed E-state index contributed by atoms with van der Waals surface area (Å²) in [5.74, 6) is -2.13. The first-order valence-electron chi connectivity index (χ1n) is 12.1. The molecule has 0 saturated carbocycles. The predicted molar refractivity (Wildman–Crippen MR) is 149 cm³/mol. The van der Waals surface area contributed by atoms with Crippen LogP contribution in [0.15, 0.2) is 66.7 Å². The summed E-state index contributed by atoms with van der Waals surface area (Å²) in [6.07, 6.45) is 3.21. The summed E-state index contributed by atoms with van der Waals surface area (Å²) in [5, 5.41) is 12.1. The van der Waals surface area contributed by atoms with E-state index in [2.05, 4.69) is 36.5 Å². The lowest BCUT2D eigenvalue weighted by Gasteiger charge is -2.16. The average Bonchev–Trinajstić information content (AvgIpc) is 2.86. The number of rotatable bonds is 9. The lowest BCUT2D eigenvalue weighted by Crippen LogP contribution is -2.24. The van der Waals surface area contributed by atoms with Crippen molar-refractivity contribution in [3.8, 4) is 0 Å². The van der Waals surface area contributed by atoms with E-state index in [1.54, 1.807) is 6.92 Å². The fourth-order valence-corrected chi connectivity index (χ4v) is 3.63. The molecule has 3 rings (SSSR count). The number of nitrogens with one attached hydrogen (secondary N) is 1. The van der Waals surface area contributed by atoms with Crippen LogP contribution in [0, 0.1) is 18.6 Å². The molecule has 3 aromatic rings. The van der Waals surface area contributed by atoms with Crippen LogP contribution in [0.5, 0.6) is 0 Å². The number of hydrogen-bond acceptors (Lipinski definition) is 5. The first-order chi connectivity index (χ1) is 17.9. The summed E-state index contributed by atoms with van der Waals surface area (Å²) in [6, 6.07) is 17.9. The maximum Gasteiger partial charge on any atom is 0.335 e. The molecule has 0 spiro atoms. The van der Waals surface area contributed by atoms with Crippen molar-refractivity contribution >= 4 is 21.7 Å². The van der Waals surface area contributed by atoms with Crippen molar-refractivity contribution in [3.63, 3.8) is 0 Å². The largest absolute Gasteiger partial charge is 0.478 e. The van der Waals surface area contributed by atoms with Gasteiger partial charge >= 0.3 is 5.97 Å². The molecule has 10 heteroatoms. The molecule has 0 aliphatic carbocycles. The highest BCUT2D eigenvalue weighted by Crippen LogP contribution is 2.17. The predicted octanol–water partition coefficient (Wildman–Crippen LogP) is 4.74. The average molecular weight is 550 g/mol. The monoisotopic (exact) mass is 549 g/mol. The van der Waals surface area contributed by atoms with Crippen molar-refractivity contribution < 1.29 is 27.1 Å². The molecule has 4 N–H and O–H groups in total. The van der Waals surface area contributed by atoms with Crippen LogP contribution >= 0.6 is 0 Å². The minimum absolute atomic E-state index is 0.0583. The third-order valence-electron chi connectivity index (χ3n) is 5.25. The number of nitrogens with zero attached hydrogens (tertiary/aromatic N) is 1. The Morgan fingerprint density at radius 3 is 2.13 bits per heavy atom. The molecule has 0 amide bonds. The molecule has 0 bridgehead atoms. The third kappa shape index (κ3) is 12.8. The Kier molecular flexibility index (Phi) is 14.2. The number of hydrogen-bond donors (Lipinski definition) is 3. The fourth-order valence-electron chi connectivity index (χ4n) is 3.14. The number of halogens is 2. The van der Waals surface area contributed by atoms with Crippen molar-refractivity contribution in [2.75, 3.05) is 30.7 Å². The van der Waals surface area contributed by atoms with E-state index in [1.807, 2.05) is 0 Å².